The van der Waals surface area contributed by atoms with E-state index >= 15 is 0 Å². The maximum absolute atomic E-state index is 4.04. The van der Waals surface area contributed by atoms with Gasteiger partial charge in [0.15, 0.2) is 0 Å². The molecule has 0 saturated heterocycles. The number of nitrogens with one attached hydrogen (secondary N) is 1. The number of rotatable bonds is 4. The van der Waals surface area contributed by atoms with Crippen molar-refractivity contribution in [3.8, 4) is 22.3 Å². The minimum Gasteiger partial charge on any atom is -0.354 e. The van der Waals surface area contributed by atoms with Gasteiger partial charge >= 0.3 is 0 Å². The van der Waals surface area contributed by atoms with Gasteiger partial charge in [-0.2, -0.15) is 0 Å². The van der Waals surface area contributed by atoms with Crippen LogP contribution in [0, 0.1) is 54.3 Å². The van der Waals surface area contributed by atoms with Gasteiger partial charge < -0.3 is 5.32 Å². The highest BCUT2D eigenvalue weighted by molar-refractivity contribution is 7.26. The second kappa shape index (κ2) is 14.1. The van der Waals surface area contributed by atoms with Gasteiger partial charge in [-0.1, -0.05) is 123 Å². The molecule has 5 aromatic carbocycles. The number of aryl methyl sites for hydroxylation is 1. The van der Waals surface area contributed by atoms with Gasteiger partial charge in [0, 0.05) is 26.7 Å². The molecule has 6 aliphatic rings. The molecule has 10 atom stereocenters. The zero-order valence-electron chi connectivity index (χ0n) is 33.9. The fraction of sp³-hybridized carbons (Fsp3) is 0.455. The molecule has 2 heteroatoms. The van der Waals surface area contributed by atoms with Crippen LogP contribution >= 0.6 is 11.3 Å². The normalized spacial score (nSPS) is 31.7. The summed E-state index contributed by atoms with van der Waals surface area (Å²) in [7, 11) is 0. The Morgan fingerprint density at radius 2 is 1.16 bits per heavy atom. The van der Waals surface area contributed by atoms with Crippen molar-refractivity contribution in [3.05, 3.63) is 120 Å². The highest BCUT2D eigenvalue weighted by Crippen LogP contribution is 2.66. The van der Waals surface area contributed by atoms with Gasteiger partial charge in [0.1, 0.15) is 0 Å². The molecule has 0 spiro atoms. The van der Waals surface area contributed by atoms with Crippen LogP contribution in [0.1, 0.15) is 118 Å². The minimum absolute atomic E-state index is 0.753. The Labute approximate surface area is 344 Å². The summed E-state index contributed by atoms with van der Waals surface area (Å²) in [6, 6.07) is 39.6. The molecule has 290 valence electrons. The molecular weight excluding hydrogens is 707 g/mol. The van der Waals surface area contributed by atoms with Gasteiger partial charge in [-0.05, 0) is 169 Å². The summed E-state index contributed by atoms with van der Waals surface area (Å²) < 4.78 is 2.68. The minimum atomic E-state index is 0.753. The van der Waals surface area contributed by atoms with Crippen LogP contribution in [0.5, 0.6) is 0 Å². The van der Waals surface area contributed by atoms with Crippen molar-refractivity contribution in [2.75, 3.05) is 5.32 Å². The number of fused-ring (bicyclic) bond motifs is 15. The van der Waals surface area contributed by atoms with Crippen LogP contribution in [0.25, 0.3) is 42.4 Å². The van der Waals surface area contributed by atoms with Crippen LogP contribution in [0.4, 0.5) is 11.4 Å². The Kier molecular flexibility index (Phi) is 8.71. The molecule has 57 heavy (non-hydrogen) atoms. The van der Waals surface area contributed by atoms with Crippen molar-refractivity contribution >= 4 is 42.9 Å². The summed E-state index contributed by atoms with van der Waals surface area (Å²) in [6.07, 6.45) is 21.0. The third-order valence-electron chi connectivity index (χ3n) is 17.2. The molecule has 10 unspecified atom stereocenters. The fourth-order valence-electron chi connectivity index (χ4n) is 15.0. The first kappa shape index (κ1) is 35.1. The number of anilines is 2. The molecule has 1 heterocycles. The van der Waals surface area contributed by atoms with Crippen molar-refractivity contribution in [2.45, 2.75) is 109 Å². The fourth-order valence-corrected chi connectivity index (χ4v) is 16.2. The molecule has 0 bridgehead atoms. The number of thiophene rings is 1. The Bertz CT molecular complexity index is 2470. The first-order valence-electron chi connectivity index (χ1n) is 23.2. The summed E-state index contributed by atoms with van der Waals surface area (Å²) in [5.74, 6) is 9.56. The molecular formula is C55H59NS. The topological polar surface area (TPSA) is 12.0 Å². The van der Waals surface area contributed by atoms with Crippen LogP contribution in [0.15, 0.2) is 103 Å². The third-order valence-corrected chi connectivity index (χ3v) is 18.4. The van der Waals surface area contributed by atoms with Crippen molar-refractivity contribution in [3.63, 3.8) is 0 Å². The zero-order chi connectivity index (χ0) is 37.6. The highest BCUT2D eigenvalue weighted by atomic mass is 32.1. The summed E-state index contributed by atoms with van der Waals surface area (Å²) in [5, 5.41) is 6.72. The third kappa shape index (κ3) is 5.73. The lowest BCUT2D eigenvalue weighted by atomic mass is 9.43. The van der Waals surface area contributed by atoms with Gasteiger partial charge in [-0.3, -0.25) is 0 Å². The van der Waals surface area contributed by atoms with E-state index in [1.165, 1.54) is 117 Å². The van der Waals surface area contributed by atoms with Gasteiger partial charge in [0.05, 0.1) is 10.4 Å². The van der Waals surface area contributed by atoms with Crippen molar-refractivity contribution in [1.82, 2.24) is 0 Å². The van der Waals surface area contributed by atoms with Gasteiger partial charge in [-0.25, -0.2) is 0 Å². The SMILES string of the molecule is Cc1ccccc1-c1ccc2c(sc3ccccc32)c1Nc1cccc(-c2ccc3c(c2)C2CCCCC2C2CC4C5CCCCC5C5CCCCC5C4CC32)c1. The second-order valence-electron chi connectivity index (χ2n) is 19.7. The summed E-state index contributed by atoms with van der Waals surface area (Å²) in [6.45, 7) is 2.24. The largest absolute Gasteiger partial charge is 0.354 e. The average molecular weight is 766 g/mol. The molecule has 12 rings (SSSR count). The van der Waals surface area contributed by atoms with Crippen LogP contribution in [0.3, 0.4) is 0 Å². The van der Waals surface area contributed by atoms with E-state index in [-0.39, 0.29) is 0 Å². The van der Waals surface area contributed by atoms with E-state index in [0.29, 0.717) is 0 Å². The number of hydrogen-bond acceptors (Lipinski definition) is 2. The van der Waals surface area contributed by atoms with E-state index in [9.17, 15) is 0 Å². The van der Waals surface area contributed by atoms with E-state index in [4.69, 9.17) is 0 Å². The highest BCUT2D eigenvalue weighted by Gasteiger charge is 2.57. The lowest BCUT2D eigenvalue weighted by Gasteiger charge is -2.61. The summed E-state index contributed by atoms with van der Waals surface area (Å²) in [5.41, 5.74) is 12.5. The molecule has 5 fully saturated rings. The zero-order valence-corrected chi connectivity index (χ0v) is 34.7. The molecule has 1 nitrogen and oxygen atoms in total. The average Bonchev–Trinajstić information content (AvgIpc) is 3.66. The Balaban J connectivity index is 0.910. The monoisotopic (exact) mass is 765 g/mol. The standard InChI is InChI=1S/C55H59NS/c1-33-13-2-3-16-37(33)46-27-28-47-45-23-10-11-24-53(45)57-55(47)54(46)56-36-15-12-14-34(29-36)35-25-26-44-48(30-35)42-21-8-9-22-43(42)51-31-49-40-19-6-4-17-38(40)39-18-5-7-20-41(39)50(49)32-52(44)51/h2-3,10-16,23-30,38-43,49-52,56H,4-9,17-22,31-32H2,1H3. The maximum atomic E-state index is 4.04. The van der Waals surface area contributed by atoms with Crippen LogP contribution in [0.2, 0.25) is 0 Å². The van der Waals surface area contributed by atoms with E-state index in [1.807, 2.05) is 11.3 Å². The van der Waals surface area contributed by atoms with Gasteiger partial charge in [0.25, 0.3) is 0 Å². The summed E-state index contributed by atoms with van der Waals surface area (Å²) in [4.78, 5) is 0. The molecule has 6 aromatic rings. The van der Waals surface area contributed by atoms with Crippen LogP contribution in [-0.4, -0.2) is 0 Å². The predicted octanol–water partition coefficient (Wildman–Crippen LogP) is 16.1. The molecule has 0 amide bonds. The number of benzene rings is 5. The first-order valence-corrected chi connectivity index (χ1v) is 24.0. The Morgan fingerprint density at radius 3 is 1.96 bits per heavy atom. The number of hydrogen-bond donors (Lipinski definition) is 1. The Morgan fingerprint density at radius 1 is 0.474 bits per heavy atom. The van der Waals surface area contributed by atoms with E-state index < -0.39 is 0 Å². The van der Waals surface area contributed by atoms with Crippen molar-refractivity contribution < 1.29 is 0 Å². The smallest absolute Gasteiger partial charge is 0.0645 e. The van der Waals surface area contributed by atoms with E-state index in [1.54, 1.807) is 43.2 Å². The van der Waals surface area contributed by atoms with E-state index in [0.717, 1.165) is 59.2 Å². The molecule has 1 aromatic heterocycles. The molecule has 5 saturated carbocycles. The first-order chi connectivity index (χ1) is 28.2. The molecule has 0 radical (unpaired) electrons. The van der Waals surface area contributed by atoms with Gasteiger partial charge in [-0.15, -0.1) is 11.3 Å². The Hall–Kier alpha value is -3.88. The van der Waals surface area contributed by atoms with E-state index in [2.05, 4.69) is 115 Å². The molecule has 6 aliphatic carbocycles. The lowest BCUT2D eigenvalue weighted by molar-refractivity contribution is -0.102. The predicted molar refractivity (Wildman–Crippen MR) is 243 cm³/mol. The molecule has 1 N–H and O–H groups in total. The quantitative estimate of drug-likeness (QED) is 0.188. The van der Waals surface area contributed by atoms with Crippen LogP contribution < -0.4 is 5.32 Å². The maximum Gasteiger partial charge on any atom is 0.0645 e. The second-order valence-corrected chi connectivity index (χ2v) is 20.7. The summed E-state index contributed by atoms with van der Waals surface area (Å²) >= 11 is 1.91. The van der Waals surface area contributed by atoms with Crippen LogP contribution in [-0.2, 0) is 0 Å². The lowest BCUT2D eigenvalue weighted by Crippen LogP contribution is -2.53. The van der Waals surface area contributed by atoms with Crippen molar-refractivity contribution in [2.24, 2.45) is 47.3 Å². The molecule has 0 aliphatic heterocycles. The van der Waals surface area contributed by atoms with Gasteiger partial charge in [0.2, 0.25) is 0 Å². The van der Waals surface area contributed by atoms with Crippen molar-refractivity contribution in [1.29, 1.82) is 0 Å².